The Morgan fingerprint density at radius 2 is 1.68 bits per heavy atom. The Labute approximate surface area is 119 Å². The maximum absolute atomic E-state index is 12.2. The number of benzene rings is 2. The standard InChI is InChI=1S/C17H18OS/c1-12-8-9-15(10-14(12)3)16(18)11-19-17-7-5-4-6-13(17)2/h4-10H,11H2,1-3H3. The summed E-state index contributed by atoms with van der Waals surface area (Å²) < 4.78 is 0. The maximum Gasteiger partial charge on any atom is 0.173 e. The molecule has 0 atom stereocenters. The summed E-state index contributed by atoms with van der Waals surface area (Å²) in [4.78, 5) is 13.4. The molecule has 0 aliphatic carbocycles. The lowest BCUT2D eigenvalue weighted by atomic mass is 10.0. The Morgan fingerprint density at radius 3 is 2.37 bits per heavy atom. The topological polar surface area (TPSA) is 17.1 Å². The van der Waals surface area contributed by atoms with Crippen molar-refractivity contribution in [2.45, 2.75) is 25.7 Å². The van der Waals surface area contributed by atoms with E-state index in [9.17, 15) is 4.79 Å². The van der Waals surface area contributed by atoms with Crippen LogP contribution >= 0.6 is 11.8 Å². The molecule has 1 nitrogen and oxygen atoms in total. The number of aryl methyl sites for hydroxylation is 3. The number of rotatable bonds is 4. The van der Waals surface area contributed by atoms with Crippen LogP contribution in [0.5, 0.6) is 0 Å². The Morgan fingerprint density at radius 1 is 0.947 bits per heavy atom. The predicted molar refractivity (Wildman–Crippen MR) is 82.1 cm³/mol. The van der Waals surface area contributed by atoms with E-state index in [1.807, 2.05) is 37.3 Å². The van der Waals surface area contributed by atoms with Gasteiger partial charge in [0.2, 0.25) is 0 Å². The molecule has 98 valence electrons. The number of Topliss-reactive ketones (excluding diaryl/α,β-unsaturated/α-hetero) is 1. The highest BCUT2D eigenvalue weighted by Gasteiger charge is 2.08. The average molecular weight is 270 g/mol. The zero-order chi connectivity index (χ0) is 13.8. The second-order valence-corrected chi connectivity index (χ2v) is 5.79. The Hall–Kier alpha value is -1.54. The van der Waals surface area contributed by atoms with Crippen molar-refractivity contribution < 1.29 is 4.79 Å². The van der Waals surface area contributed by atoms with Crippen LogP contribution in [0.2, 0.25) is 0 Å². The SMILES string of the molecule is Cc1ccc(C(=O)CSc2ccccc2C)cc1C. The van der Waals surface area contributed by atoms with Gasteiger partial charge in [-0.25, -0.2) is 0 Å². The summed E-state index contributed by atoms with van der Waals surface area (Å²) >= 11 is 1.61. The van der Waals surface area contributed by atoms with Crippen molar-refractivity contribution in [3.8, 4) is 0 Å². The molecule has 0 saturated heterocycles. The number of hydrogen-bond acceptors (Lipinski definition) is 2. The number of thioether (sulfide) groups is 1. The first-order chi connectivity index (χ1) is 9.08. The molecular formula is C17H18OS. The third-order valence-electron chi connectivity index (χ3n) is 3.28. The lowest BCUT2D eigenvalue weighted by Crippen LogP contribution is -2.03. The molecule has 0 N–H and O–H groups in total. The third-order valence-corrected chi connectivity index (χ3v) is 4.46. The molecule has 0 fully saturated rings. The largest absolute Gasteiger partial charge is 0.293 e. The van der Waals surface area contributed by atoms with Crippen molar-refractivity contribution in [1.29, 1.82) is 0 Å². The molecule has 0 bridgehead atoms. The first-order valence-electron chi connectivity index (χ1n) is 6.37. The number of carbonyl (C=O) groups excluding carboxylic acids is 1. The fraction of sp³-hybridized carbons (Fsp3) is 0.235. The fourth-order valence-corrected chi connectivity index (χ4v) is 2.78. The molecule has 0 saturated carbocycles. The van der Waals surface area contributed by atoms with Gasteiger partial charge in [0.05, 0.1) is 5.75 Å². The van der Waals surface area contributed by atoms with E-state index >= 15 is 0 Å². The predicted octanol–water partition coefficient (Wildman–Crippen LogP) is 4.59. The lowest BCUT2D eigenvalue weighted by Gasteiger charge is -2.06. The van der Waals surface area contributed by atoms with Gasteiger partial charge in [-0.05, 0) is 49.6 Å². The van der Waals surface area contributed by atoms with E-state index < -0.39 is 0 Å². The van der Waals surface area contributed by atoms with Crippen molar-refractivity contribution in [2.24, 2.45) is 0 Å². The second kappa shape index (κ2) is 6.07. The molecule has 0 aliphatic rings. The smallest absolute Gasteiger partial charge is 0.173 e. The summed E-state index contributed by atoms with van der Waals surface area (Å²) in [6, 6.07) is 14.1. The van der Waals surface area contributed by atoms with Gasteiger partial charge in [-0.1, -0.05) is 30.3 Å². The summed E-state index contributed by atoms with van der Waals surface area (Å²) in [5.74, 6) is 0.684. The molecule has 0 radical (unpaired) electrons. The summed E-state index contributed by atoms with van der Waals surface area (Å²) in [7, 11) is 0. The molecule has 0 aliphatic heterocycles. The van der Waals surface area contributed by atoms with Crippen LogP contribution in [0.4, 0.5) is 0 Å². The number of ketones is 1. The van der Waals surface area contributed by atoms with Gasteiger partial charge in [0.15, 0.2) is 5.78 Å². The van der Waals surface area contributed by atoms with Gasteiger partial charge >= 0.3 is 0 Å². The summed E-state index contributed by atoms with van der Waals surface area (Å²) in [5, 5.41) is 0. The van der Waals surface area contributed by atoms with Gasteiger partial charge in [0.25, 0.3) is 0 Å². The van der Waals surface area contributed by atoms with Crippen molar-refractivity contribution >= 4 is 17.5 Å². The number of carbonyl (C=O) groups is 1. The van der Waals surface area contributed by atoms with Gasteiger partial charge in [0, 0.05) is 10.5 Å². The minimum atomic E-state index is 0.191. The van der Waals surface area contributed by atoms with Crippen LogP contribution in [-0.2, 0) is 0 Å². The van der Waals surface area contributed by atoms with Crippen LogP contribution in [0.15, 0.2) is 47.4 Å². The summed E-state index contributed by atoms with van der Waals surface area (Å²) in [6.45, 7) is 6.18. The molecule has 2 heteroatoms. The van der Waals surface area contributed by atoms with Crippen molar-refractivity contribution in [3.05, 3.63) is 64.7 Å². The van der Waals surface area contributed by atoms with Crippen LogP contribution in [0.1, 0.15) is 27.0 Å². The molecule has 0 heterocycles. The van der Waals surface area contributed by atoms with Crippen molar-refractivity contribution in [1.82, 2.24) is 0 Å². The minimum absolute atomic E-state index is 0.191. The quantitative estimate of drug-likeness (QED) is 0.597. The Balaban J connectivity index is 2.05. The number of hydrogen-bond donors (Lipinski definition) is 0. The molecular weight excluding hydrogens is 252 g/mol. The van der Waals surface area contributed by atoms with E-state index in [-0.39, 0.29) is 5.78 Å². The van der Waals surface area contributed by atoms with Crippen LogP contribution < -0.4 is 0 Å². The second-order valence-electron chi connectivity index (χ2n) is 4.78. The first kappa shape index (κ1) is 13.9. The van der Waals surface area contributed by atoms with Crippen molar-refractivity contribution in [2.75, 3.05) is 5.75 Å². The van der Waals surface area contributed by atoms with E-state index in [0.29, 0.717) is 5.75 Å². The third kappa shape index (κ3) is 3.48. The maximum atomic E-state index is 12.2. The van der Waals surface area contributed by atoms with E-state index in [1.165, 1.54) is 21.6 Å². The van der Waals surface area contributed by atoms with Gasteiger partial charge in [-0.15, -0.1) is 11.8 Å². The highest BCUT2D eigenvalue weighted by molar-refractivity contribution is 8.00. The first-order valence-corrected chi connectivity index (χ1v) is 7.35. The zero-order valence-electron chi connectivity index (χ0n) is 11.6. The molecule has 0 spiro atoms. The minimum Gasteiger partial charge on any atom is -0.293 e. The van der Waals surface area contributed by atoms with Crippen LogP contribution in [0, 0.1) is 20.8 Å². The van der Waals surface area contributed by atoms with Crippen LogP contribution in [-0.4, -0.2) is 11.5 Å². The molecule has 2 rings (SSSR count). The van der Waals surface area contributed by atoms with E-state index in [4.69, 9.17) is 0 Å². The Kier molecular flexibility index (Phi) is 4.43. The van der Waals surface area contributed by atoms with E-state index in [1.54, 1.807) is 11.8 Å². The molecule has 0 amide bonds. The summed E-state index contributed by atoms with van der Waals surface area (Å²) in [5.41, 5.74) is 4.43. The molecule has 19 heavy (non-hydrogen) atoms. The molecule has 0 aromatic heterocycles. The molecule has 2 aromatic carbocycles. The highest BCUT2D eigenvalue weighted by atomic mass is 32.2. The monoisotopic (exact) mass is 270 g/mol. The highest BCUT2D eigenvalue weighted by Crippen LogP contribution is 2.23. The average Bonchev–Trinajstić information content (AvgIpc) is 2.40. The van der Waals surface area contributed by atoms with Gasteiger partial charge in [-0.3, -0.25) is 4.79 Å². The fourth-order valence-electron chi connectivity index (χ4n) is 1.86. The molecule has 2 aromatic rings. The van der Waals surface area contributed by atoms with Gasteiger partial charge in [0.1, 0.15) is 0 Å². The Bertz CT molecular complexity index is 602. The van der Waals surface area contributed by atoms with Crippen LogP contribution in [0.3, 0.4) is 0 Å². The van der Waals surface area contributed by atoms with E-state index in [2.05, 4.69) is 26.0 Å². The van der Waals surface area contributed by atoms with Crippen molar-refractivity contribution in [3.63, 3.8) is 0 Å². The van der Waals surface area contributed by atoms with Gasteiger partial charge in [-0.2, -0.15) is 0 Å². The van der Waals surface area contributed by atoms with Gasteiger partial charge < -0.3 is 0 Å². The lowest BCUT2D eigenvalue weighted by molar-refractivity contribution is 0.102. The normalized spacial score (nSPS) is 10.5. The summed E-state index contributed by atoms with van der Waals surface area (Å²) in [6.07, 6.45) is 0. The molecule has 0 unspecified atom stereocenters. The van der Waals surface area contributed by atoms with E-state index in [0.717, 1.165) is 5.56 Å². The van der Waals surface area contributed by atoms with Crippen LogP contribution in [0.25, 0.3) is 0 Å². The zero-order valence-corrected chi connectivity index (χ0v) is 12.4.